The summed E-state index contributed by atoms with van der Waals surface area (Å²) in [6.07, 6.45) is 2.61. The smallest absolute Gasteiger partial charge is 0.259 e. The third-order valence-corrected chi connectivity index (χ3v) is 3.91. The zero-order chi connectivity index (χ0) is 14.3. The van der Waals surface area contributed by atoms with Gasteiger partial charge in [-0.2, -0.15) is 5.10 Å². The van der Waals surface area contributed by atoms with Crippen molar-refractivity contribution in [3.05, 3.63) is 29.2 Å². The molecule has 1 unspecified atom stereocenters. The molecule has 1 aliphatic heterocycles. The number of rotatable bonds is 2. The maximum absolute atomic E-state index is 12.6. The van der Waals surface area contributed by atoms with Gasteiger partial charge in [0.05, 0.1) is 6.20 Å². The first-order chi connectivity index (χ1) is 9.58. The summed E-state index contributed by atoms with van der Waals surface area (Å²) in [6, 6.07) is 2.21. The Kier molecular flexibility index (Phi) is 3.17. The average Bonchev–Trinajstić information content (AvgIpc) is 3.05. The fourth-order valence-electron chi connectivity index (χ4n) is 2.75. The van der Waals surface area contributed by atoms with Gasteiger partial charge in [0.1, 0.15) is 5.56 Å². The lowest BCUT2D eigenvalue weighted by Crippen LogP contribution is -2.38. The van der Waals surface area contributed by atoms with Gasteiger partial charge in [0.15, 0.2) is 5.65 Å². The summed E-state index contributed by atoms with van der Waals surface area (Å²) in [7, 11) is 1.85. The first kappa shape index (κ1) is 13.1. The standard InChI is InChI=1S/C14H19N5O/c1-9-6-10(2)19-13(17-9)12(8-16-19)14(20)18(3)11-4-5-15-7-11/h6,8,11,15H,4-5,7H2,1-3H3. The third kappa shape index (κ3) is 2.06. The van der Waals surface area contributed by atoms with Crippen LogP contribution in [0.2, 0.25) is 0 Å². The molecule has 2 aromatic heterocycles. The van der Waals surface area contributed by atoms with E-state index in [2.05, 4.69) is 15.4 Å². The van der Waals surface area contributed by atoms with Gasteiger partial charge in [-0.3, -0.25) is 4.79 Å². The Morgan fingerprint density at radius 2 is 2.30 bits per heavy atom. The lowest BCUT2D eigenvalue weighted by atomic mass is 10.2. The van der Waals surface area contributed by atoms with Crippen LogP contribution in [0, 0.1) is 13.8 Å². The first-order valence-electron chi connectivity index (χ1n) is 6.88. The number of hydrogen-bond acceptors (Lipinski definition) is 4. The molecule has 20 heavy (non-hydrogen) atoms. The Balaban J connectivity index is 1.99. The second-order valence-electron chi connectivity index (χ2n) is 5.40. The summed E-state index contributed by atoms with van der Waals surface area (Å²) in [4.78, 5) is 18.9. The van der Waals surface area contributed by atoms with Crippen molar-refractivity contribution in [2.45, 2.75) is 26.3 Å². The first-order valence-corrected chi connectivity index (χ1v) is 6.88. The molecule has 0 bridgehead atoms. The van der Waals surface area contributed by atoms with Gasteiger partial charge >= 0.3 is 0 Å². The molecule has 0 aliphatic carbocycles. The number of carbonyl (C=O) groups excluding carboxylic acids is 1. The highest BCUT2D eigenvalue weighted by atomic mass is 16.2. The normalized spacial score (nSPS) is 18.6. The van der Waals surface area contributed by atoms with Crippen LogP contribution in [0.15, 0.2) is 12.3 Å². The predicted octanol–water partition coefficient (Wildman–Crippen LogP) is 0.780. The minimum atomic E-state index is -0.00815. The Hall–Kier alpha value is -1.95. The van der Waals surface area contributed by atoms with Crippen molar-refractivity contribution in [3.8, 4) is 0 Å². The molecule has 6 heteroatoms. The van der Waals surface area contributed by atoms with Crippen molar-refractivity contribution in [1.29, 1.82) is 0 Å². The second-order valence-corrected chi connectivity index (χ2v) is 5.40. The van der Waals surface area contributed by atoms with Gasteiger partial charge < -0.3 is 10.2 Å². The van der Waals surface area contributed by atoms with Gasteiger partial charge in [-0.25, -0.2) is 9.50 Å². The van der Waals surface area contributed by atoms with Gasteiger partial charge in [-0.1, -0.05) is 0 Å². The van der Waals surface area contributed by atoms with Crippen molar-refractivity contribution in [3.63, 3.8) is 0 Å². The van der Waals surface area contributed by atoms with Gasteiger partial charge in [-0.15, -0.1) is 0 Å². The molecule has 1 amide bonds. The van der Waals surface area contributed by atoms with E-state index < -0.39 is 0 Å². The van der Waals surface area contributed by atoms with Gasteiger partial charge in [0.25, 0.3) is 5.91 Å². The Morgan fingerprint density at radius 1 is 1.50 bits per heavy atom. The number of aryl methyl sites for hydroxylation is 2. The minimum absolute atomic E-state index is 0.00815. The lowest BCUT2D eigenvalue weighted by Gasteiger charge is -2.23. The SMILES string of the molecule is Cc1cc(C)n2ncc(C(=O)N(C)C3CCNC3)c2n1. The summed E-state index contributed by atoms with van der Waals surface area (Å²) in [6.45, 7) is 5.72. The molecule has 0 spiro atoms. The van der Waals surface area contributed by atoms with Gasteiger partial charge in [0.2, 0.25) is 0 Å². The van der Waals surface area contributed by atoms with E-state index in [0.29, 0.717) is 11.2 Å². The predicted molar refractivity (Wildman–Crippen MR) is 75.8 cm³/mol. The minimum Gasteiger partial charge on any atom is -0.337 e. The van der Waals surface area contributed by atoms with Gasteiger partial charge in [0, 0.05) is 31.0 Å². The molecule has 1 fully saturated rings. The van der Waals surface area contributed by atoms with Crippen LogP contribution in [0.5, 0.6) is 0 Å². The van der Waals surface area contributed by atoms with E-state index in [1.807, 2.05) is 27.0 Å². The van der Waals surface area contributed by atoms with E-state index in [4.69, 9.17) is 0 Å². The Bertz CT molecular complexity index is 657. The van der Waals surface area contributed by atoms with Crippen molar-refractivity contribution in [1.82, 2.24) is 24.8 Å². The molecular formula is C14H19N5O. The highest BCUT2D eigenvalue weighted by Gasteiger charge is 2.26. The van der Waals surface area contributed by atoms with Crippen molar-refractivity contribution in [2.75, 3.05) is 20.1 Å². The molecular weight excluding hydrogens is 254 g/mol. The molecule has 1 aliphatic rings. The maximum atomic E-state index is 12.6. The molecule has 1 atom stereocenters. The van der Waals surface area contributed by atoms with Crippen LogP contribution < -0.4 is 5.32 Å². The summed E-state index contributed by atoms with van der Waals surface area (Å²) in [5.74, 6) is -0.00815. The summed E-state index contributed by atoms with van der Waals surface area (Å²) >= 11 is 0. The number of likely N-dealkylation sites (N-methyl/N-ethyl adjacent to an activating group) is 1. The highest BCUT2D eigenvalue weighted by molar-refractivity contribution is 5.99. The van der Waals surface area contributed by atoms with Crippen LogP contribution in [0.25, 0.3) is 5.65 Å². The van der Waals surface area contributed by atoms with Crippen LogP contribution in [0.1, 0.15) is 28.2 Å². The van der Waals surface area contributed by atoms with Crippen LogP contribution in [0.4, 0.5) is 0 Å². The van der Waals surface area contributed by atoms with Crippen LogP contribution in [0.3, 0.4) is 0 Å². The molecule has 0 saturated carbocycles. The Morgan fingerprint density at radius 3 is 3.00 bits per heavy atom. The van der Waals surface area contributed by atoms with Crippen LogP contribution in [-0.4, -0.2) is 51.6 Å². The average molecular weight is 273 g/mol. The quantitative estimate of drug-likeness (QED) is 0.878. The van der Waals surface area contributed by atoms with Crippen LogP contribution >= 0.6 is 0 Å². The molecule has 2 aromatic rings. The molecule has 3 rings (SSSR count). The largest absolute Gasteiger partial charge is 0.337 e. The summed E-state index contributed by atoms with van der Waals surface area (Å²) < 4.78 is 1.72. The van der Waals surface area contributed by atoms with Crippen molar-refractivity contribution >= 4 is 11.6 Å². The van der Waals surface area contributed by atoms with E-state index >= 15 is 0 Å². The maximum Gasteiger partial charge on any atom is 0.259 e. The second kappa shape index (κ2) is 4.86. The molecule has 1 saturated heterocycles. The Labute approximate surface area is 117 Å². The topological polar surface area (TPSA) is 62.5 Å². The molecule has 6 nitrogen and oxygen atoms in total. The number of aromatic nitrogens is 3. The van der Waals surface area contributed by atoms with E-state index in [1.165, 1.54) is 0 Å². The van der Waals surface area contributed by atoms with Crippen LogP contribution in [-0.2, 0) is 0 Å². The highest BCUT2D eigenvalue weighted by Crippen LogP contribution is 2.16. The van der Waals surface area contributed by atoms with Crippen molar-refractivity contribution in [2.24, 2.45) is 0 Å². The van der Waals surface area contributed by atoms with E-state index in [-0.39, 0.29) is 11.9 Å². The van der Waals surface area contributed by atoms with E-state index in [0.717, 1.165) is 30.9 Å². The van der Waals surface area contributed by atoms with Crippen molar-refractivity contribution < 1.29 is 4.79 Å². The fourth-order valence-corrected chi connectivity index (χ4v) is 2.75. The monoisotopic (exact) mass is 273 g/mol. The molecule has 0 aromatic carbocycles. The zero-order valence-corrected chi connectivity index (χ0v) is 12.1. The molecule has 3 heterocycles. The third-order valence-electron chi connectivity index (χ3n) is 3.91. The fraction of sp³-hybridized carbons (Fsp3) is 0.500. The number of hydrogen-bond donors (Lipinski definition) is 1. The molecule has 0 radical (unpaired) electrons. The van der Waals surface area contributed by atoms with E-state index in [9.17, 15) is 4.79 Å². The van der Waals surface area contributed by atoms with E-state index in [1.54, 1.807) is 15.6 Å². The molecule has 1 N–H and O–H groups in total. The summed E-state index contributed by atoms with van der Waals surface area (Å²) in [5, 5.41) is 7.56. The number of amides is 1. The number of nitrogens with one attached hydrogen (secondary N) is 1. The summed E-state index contributed by atoms with van der Waals surface area (Å²) in [5.41, 5.74) is 3.10. The lowest BCUT2D eigenvalue weighted by molar-refractivity contribution is 0.0745. The zero-order valence-electron chi connectivity index (χ0n) is 12.1. The molecule has 106 valence electrons. The number of fused-ring (bicyclic) bond motifs is 1. The number of carbonyl (C=O) groups is 1. The number of nitrogens with zero attached hydrogens (tertiary/aromatic N) is 4. The van der Waals surface area contributed by atoms with Gasteiger partial charge in [-0.05, 0) is 32.9 Å².